The van der Waals surface area contributed by atoms with Crippen LogP contribution in [0.4, 0.5) is 0 Å². The standard InChI is InChI=1S/C25H22N4O3S2/c1-32-13-7-12-29-24(31)17-10-5-6-11-19(17)26-25(29)34-15-20-27-22(30)21-18(14-33-23(21)28-20)16-8-3-2-4-9-16/h2-6,8-11,14H,7,12-13,15H2,1H3,(H,27,28,30). The molecule has 34 heavy (non-hydrogen) atoms. The molecule has 1 N–H and O–H groups in total. The highest BCUT2D eigenvalue weighted by Crippen LogP contribution is 2.31. The lowest BCUT2D eigenvalue weighted by atomic mass is 10.1. The minimum atomic E-state index is -0.162. The summed E-state index contributed by atoms with van der Waals surface area (Å²) >= 11 is 2.85. The van der Waals surface area contributed by atoms with Crippen LogP contribution in [-0.2, 0) is 17.0 Å². The van der Waals surface area contributed by atoms with Crippen molar-refractivity contribution >= 4 is 44.2 Å². The molecule has 0 radical (unpaired) electrons. The average Bonchev–Trinajstić information content (AvgIpc) is 3.30. The lowest BCUT2D eigenvalue weighted by Gasteiger charge is -2.13. The predicted molar refractivity (Wildman–Crippen MR) is 138 cm³/mol. The second kappa shape index (κ2) is 9.92. The highest BCUT2D eigenvalue weighted by atomic mass is 32.2. The zero-order valence-electron chi connectivity index (χ0n) is 18.5. The van der Waals surface area contributed by atoms with Crippen LogP contribution in [0.3, 0.4) is 0 Å². The number of aromatic amines is 1. The number of nitrogens with zero attached hydrogens (tertiary/aromatic N) is 3. The Hall–Kier alpha value is -3.27. The lowest BCUT2D eigenvalue weighted by Crippen LogP contribution is -2.24. The zero-order valence-corrected chi connectivity index (χ0v) is 20.1. The van der Waals surface area contributed by atoms with Gasteiger partial charge in [-0.05, 0) is 24.1 Å². The molecular weight excluding hydrogens is 468 g/mol. The van der Waals surface area contributed by atoms with Gasteiger partial charge in [0.05, 0.1) is 22.0 Å². The van der Waals surface area contributed by atoms with E-state index in [1.807, 2.05) is 53.9 Å². The molecular formula is C25H22N4O3S2. The molecule has 0 aliphatic carbocycles. The summed E-state index contributed by atoms with van der Waals surface area (Å²) in [4.78, 5) is 39.1. The monoisotopic (exact) mass is 490 g/mol. The van der Waals surface area contributed by atoms with Crippen LogP contribution < -0.4 is 11.1 Å². The van der Waals surface area contributed by atoms with Crippen LogP contribution in [0.25, 0.3) is 32.2 Å². The molecule has 0 atom stereocenters. The Bertz CT molecular complexity index is 1570. The third-order valence-electron chi connectivity index (χ3n) is 5.47. The van der Waals surface area contributed by atoms with E-state index in [2.05, 4.69) is 4.98 Å². The van der Waals surface area contributed by atoms with Crippen molar-refractivity contribution in [1.82, 2.24) is 19.5 Å². The average molecular weight is 491 g/mol. The number of methoxy groups -OCH3 is 1. The molecule has 0 saturated carbocycles. The second-order valence-corrected chi connectivity index (χ2v) is 9.51. The Labute approximate surface area is 203 Å². The van der Waals surface area contributed by atoms with Gasteiger partial charge in [-0.1, -0.05) is 54.2 Å². The van der Waals surface area contributed by atoms with Crippen molar-refractivity contribution in [2.45, 2.75) is 23.9 Å². The van der Waals surface area contributed by atoms with E-state index < -0.39 is 0 Å². The molecule has 0 fully saturated rings. The highest BCUT2D eigenvalue weighted by molar-refractivity contribution is 7.98. The molecule has 172 valence electrons. The fourth-order valence-corrected chi connectivity index (χ4v) is 5.71. The van der Waals surface area contributed by atoms with Crippen molar-refractivity contribution in [2.24, 2.45) is 0 Å². The molecule has 3 aromatic heterocycles. The number of H-pyrrole nitrogens is 1. The molecule has 0 saturated heterocycles. The van der Waals surface area contributed by atoms with Gasteiger partial charge in [0.15, 0.2) is 5.16 Å². The number of thioether (sulfide) groups is 1. The second-order valence-electron chi connectivity index (χ2n) is 7.71. The third-order valence-corrected chi connectivity index (χ3v) is 7.33. The number of para-hydroxylation sites is 1. The van der Waals surface area contributed by atoms with E-state index in [9.17, 15) is 9.59 Å². The van der Waals surface area contributed by atoms with Gasteiger partial charge >= 0.3 is 0 Å². The Kier molecular flexibility index (Phi) is 6.57. The summed E-state index contributed by atoms with van der Waals surface area (Å²) in [6, 6.07) is 17.2. The van der Waals surface area contributed by atoms with Gasteiger partial charge in [-0.25, -0.2) is 9.97 Å². The van der Waals surface area contributed by atoms with Gasteiger partial charge in [-0.2, -0.15) is 0 Å². The van der Waals surface area contributed by atoms with Crippen LogP contribution in [0.5, 0.6) is 0 Å². The number of ether oxygens (including phenoxy) is 1. The normalized spacial score (nSPS) is 11.4. The molecule has 0 unspecified atom stereocenters. The summed E-state index contributed by atoms with van der Waals surface area (Å²) in [7, 11) is 1.64. The Balaban J connectivity index is 1.47. The number of thiophene rings is 1. The van der Waals surface area contributed by atoms with E-state index >= 15 is 0 Å². The third kappa shape index (κ3) is 4.42. The van der Waals surface area contributed by atoms with Crippen LogP contribution in [0, 0.1) is 0 Å². The van der Waals surface area contributed by atoms with E-state index in [0.29, 0.717) is 57.4 Å². The van der Waals surface area contributed by atoms with Gasteiger partial charge in [0.1, 0.15) is 10.7 Å². The smallest absolute Gasteiger partial charge is 0.262 e. The number of hydrogen-bond donors (Lipinski definition) is 1. The number of hydrogen-bond acceptors (Lipinski definition) is 7. The first kappa shape index (κ1) is 22.5. The van der Waals surface area contributed by atoms with Gasteiger partial charge < -0.3 is 9.72 Å². The van der Waals surface area contributed by atoms with Crippen molar-refractivity contribution in [3.8, 4) is 11.1 Å². The minimum absolute atomic E-state index is 0.0770. The van der Waals surface area contributed by atoms with E-state index in [-0.39, 0.29) is 11.1 Å². The van der Waals surface area contributed by atoms with Crippen LogP contribution in [0.15, 0.2) is 74.7 Å². The molecule has 0 bridgehead atoms. The van der Waals surface area contributed by atoms with Crippen molar-refractivity contribution in [3.05, 3.63) is 86.5 Å². The predicted octanol–water partition coefficient (Wildman–Crippen LogP) is 4.69. The lowest BCUT2D eigenvalue weighted by molar-refractivity contribution is 0.189. The first-order valence-electron chi connectivity index (χ1n) is 10.8. The first-order valence-corrected chi connectivity index (χ1v) is 12.7. The van der Waals surface area contributed by atoms with Gasteiger partial charge in [-0.3, -0.25) is 14.2 Å². The SMILES string of the molecule is COCCCn1c(SCc2nc3scc(-c4ccccc4)c3c(=O)[nH]2)nc2ccccc2c1=O. The van der Waals surface area contributed by atoms with E-state index in [1.165, 1.54) is 23.1 Å². The van der Waals surface area contributed by atoms with Crippen LogP contribution in [0.2, 0.25) is 0 Å². The molecule has 5 rings (SSSR count). The van der Waals surface area contributed by atoms with Crippen LogP contribution in [0.1, 0.15) is 12.2 Å². The Morgan fingerprint density at radius 1 is 1.06 bits per heavy atom. The number of fused-ring (bicyclic) bond motifs is 2. The van der Waals surface area contributed by atoms with Crippen molar-refractivity contribution in [1.29, 1.82) is 0 Å². The van der Waals surface area contributed by atoms with Gasteiger partial charge in [0.25, 0.3) is 11.1 Å². The van der Waals surface area contributed by atoms with Crippen LogP contribution >= 0.6 is 23.1 Å². The Morgan fingerprint density at radius 3 is 2.68 bits per heavy atom. The van der Waals surface area contributed by atoms with Gasteiger partial charge in [0, 0.05) is 31.2 Å². The molecule has 2 aromatic carbocycles. The number of rotatable bonds is 8. The zero-order chi connectivity index (χ0) is 23.5. The van der Waals surface area contributed by atoms with Crippen molar-refractivity contribution in [3.63, 3.8) is 0 Å². The molecule has 0 aliphatic heterocycles. The summed E-state index contributed by atoms with van der Waals surface area (Å²) in [6.07, 6.45) is 0.697. The highest BCUT2D eigenvalue weighted by Gasteiger charge is 2.15. The topological polar surface area (TPSA) is 89.9 Å². The maximum atomic E-state index is 13.1. The molecule has 0 spiro atoms. The van der Waals surface area contributed by atoms with Crippen LogP contribution in [-0.4, -0.2) is 33.2 Å². The van der Waals surface area contributed by atoms with E-state index in [0.717, 1.165) is 11.1 Å². The summed E-state index contributed by atoms with van der Waals surface area (Å²) < 4.78 is 6.84. The summed E-state index contributed by atoms with van der Waals surface area (Å²) in [6.45, 7) is 1.05. The maximum absolute atomic E-state index is 13.1. The Morgan fingerprint density at radius 2 is 1.85 bits per heavy atom. The van der Waals surface area contributed by atoms with Gasteiger partial charge in [0.2, 0.25) is 0 Å². The van der Waals surface area contributed by atoms with Crippen molar-refractivity contribution in [2.75, 3.05) is 13.7 Å². The minimum Gasteiger partial charge on any atom is -0.385 e. The molecule has 0 aliphatic rings. The largest absolute Gasteiger partial charge is 0.385 e. The quantitative estimate of drug-likeness (QED) is 0.193. The number of benzene rings is 2. The fourth-order valence-electron chi connectivity index (χ4n) is 3.85. The fraction of sp³-hybridized carbons (Fsp3) is 0.200. The number of nitrogens with one attached hydrogen (secondary N) is 1. The van der Waals surface area contributed by atoms with E-state index in [4.69, 9.17) is 14.7 Å². The summed E-state index contributed by atoms with van der Waals surface area (Å²) in [5.74, 6) is 0.938. The molecule has 3 heterocycles. The molecule has 9 heteroatoms. The summed E-state index contributed by atoms with van der Waals surface area (Å²) in [5.41, 5.74) is 2.29. The molecule has 0 amide bonds. The molecule has 5 aromatic rings. The first-order chi connectivity index (χ1) is 16.7. The van der Waals surface area contributed by atoms with Crippen molar-refractivity contribution < 1.29 is 4.74 Å². The number of aromatic nitrogens is 4. The van der Waals surface area contributed by atoms with Gasteiger partial charge in [-0.15, -0.1) is 11.3 Å². The molecule has 7 nitrogen and oxygen atoms in total. The summed E-state index contributed by atoms with van der Waals surface area (Å²) in [5, 5.41) is 3.76. The maximum Gasteiger partial charge on any atom is 0.262 e. The van der Waals surface area contributed by atoms with E-state index in [1.54, 1.807) is 17.7 Å².